The Labute approximate surface area is 138 Å². The van der Waals surface area contributed by atoms with Gasteiger partial charge in [0.25, 0.3) is 0 Å². The van der Waals surface area contributed by atoms with Crippen LogP contribution in [0.2, 0.25) is 0 Å². The van der Waals surface area contributed by atoms with Gasteiger partial charge in [0.05, 0.1) is 6.54 Å². The van der Waals surface area contributed by atoms with Crippen molar-refractivity contribution in [2.75, 3.05) is 7.05 Å². The van der Waals surface area contributed by atoms with Gasteiger partial charge in [-0.25, -0.2) is 4.39 Å². The Morgan fingerprint density at radius 2 is 1.91 bits per heavy atom. The molecule has 0 unspecified atom stereocenters. The number of allylic oxidation sites excluding steroid dienone is 1. The van der Waals surface area contributed by atoms with Gasteiger partial charge in [0.15, 0.2) is 0 Å². The molecule has 1 aromatic rings. The molecule has 128 valence electrons. The number of nitrogens with one attached hydrogen (secondary N) is 1. The van der Waals surface area contributed by atoms with Crippen molar-refractivity contribution in [3.05, 3.63) is 60.6 Å². The highest BCUT2D eigenvalue weighted by Gasteiger charge is 2.05. The van der Waals surface area contributed by atoms with Crippen LogP contribution in [-0.2, 0) is 6.54 Å². The van der Waals surface area contributed by atoms with Gasteiger partial charge >= 0.3 is 0 Å². The van der Waals surface area contributed by atoms with Gasteiger partial charge in [-0.2, -0.15) is 5.10 Å². The number of rotatable bonds is 5. The molecule has 0 aliphatic heterocycles. The largest absolute Gasteiger partial charge is 0.405 e. The Morgan fingerprint density at radius 3 is 2.35 bits per heavy atom. The second-order valence-corrected chi connectivity index (χ2v) is 4.07. The van der Waals surface area contributed by atoms with Gasteiger partial charge in [0.1, 0.15) is 17.4 Å². The highest BCUT2D eigenvalue weighted by atomic mass is 19.1. The summed E-state index contributed by atoms with van der Waals surface area (Å²) in [4.78, 5) is 0. The molecular formula is C17H28FN5. The van der Waals surface area contributed by atoms with E-state index >= 15 is 0 Å². The summed E-state index contributed by atoms with van der Waals surface area (Å²) in [5.74, 6) is -0.490. The summed E-state index contributed by atoms with van der Waals surface area (Å²) in [6.07, 6.45) is 4.41. The number of halogens is 1. The SMILES string of the molecule is C=CC.CC.CN(Cc1ccccc1F)/N=C(\C=C\N)C(=N)N. The van der Waals surface area contributed by atoms with E-state index in [2.05, 4.69) is 11.7 Å². The second kappa shape index (κ2) is 14.3. The summed E-state index contributed by atoms with van der Waals surface area (Å²) in [6.45, 7) is 9.53. The second-order valence-electron chi connectivity index (χ2n) is 4.07. The third-order valence-electron chi connectivity index (χ3n) is 2.17. The lowest BCUT2D eigenvalue weighted by Crippen LogP contribution is -2.24. The number of hydrogen-bond donors (Lipinski definition) is 3. The van der Waals surface area contributed by atoms with Crippen LogP contribution in [0.15, 0.2) is 54.3 Å². The molecule has 6 heteroatoms. The maximum Gasteiger partial charge on any atom is 0.143 e. The minimum Gasteiger partial charge on any atom is -0.405 e. The standard InChI is InChI=1S/C12H16FN5.C3H6.C2H6/c1-18(17-11(6-7-14)12(15)16)8-9-4-2-3-5-10(9)13;1-3-2;1-2/h2-7H,8,14H2,1H3,(H3,15,16);3H,1H2,2H3;1-2H3/b7-6+,17-11+;;. The van der Waals surface area contributed by atoms with Crippen LogP contribution in [0.25, 0.3) is 0 Å². The van der Waals surface area contributed by atoms with Gasteiger partial charge in [-0.1, -0.05) is 38.1 Å². The quantitative estimate of drug-likeness (QED) is 0.336. The van der Waals surface area contributed by atoms with E-state index < -0.39 is 0 Å². The minimum absolute atomic E-state index is 0.197. The van der Waals surface area contributed by atoms with Crippen molar-refractivity contribution in [1.82, 2.24) is 5.01 Å². The molecule has 23 heavy (non-hydrogen) atoms. The molecule has 0 saturated heterocycles. The molecule has 0 spiro atoms. The van der Waals surface area contributed by atoms with Crippen molar-refractivity contribution in [1.29, 1.82) is 5.41 Å². The van der Waals surface area contributed by atoms with Crippen molar-refractivity contribution >= 4 is 11.5 Å². The maximum atomic E-state index is 13.4. The fourth-order valence-electron chi connectivity index (χ4n) is 1.36. The van der Waals surface area contributed by atoms with Crippen LogP contribution in [0.3, 0.4) is 0 Å². The lowest BCUT2D eigenvalue weighted by molar-refractivity contribution is 0.341. The lowest BCUT2D eigenvalue weighted by Gasteiger charge is -2.14. The monoisotopic (exact) mass is 321 g/mol. The number of hydrazone groups is 1. The third kappa shape index (κ3) is 10.7. The molecular weight excluding hydrogens is 293 g/mol. The average molecular weight is 321 g/mol. The molecule has 0 aliphatic rings. The summed E-state index contributed by atoms with van der Waals surface area (Å²) in [5, 5.41) is 12.9. The summed E-state index contributed by atoms with van der Waals surface area (Å²) >= 11 is 0. The van der Waals surface area contributed by atoms with Gasteiger partial charge in [-0.3, -0.25) is 10.4 Å². The van der Waals surface area contributed by atoms with E-state index in [9.17, 15) is 4.39 Å². The Morgan fingerprint density at radius 1 is 1.39 bits per heavy atom. The van der Waals surface area contributed by atoms with Crippen LogP contribution < -0.4 is 11.5 Å². The predicted octanol–water partition coefficient (Wildman–Crippen LogP) is 3.24. The van der Waals surface area contributed by atoms with Gasteiger partial charge in [0.2, 0.25) is 0 Å². The molecule has 5 N–H and O–H groups in total. The van der Waals surface area contributed by atoms with Crippen LogP contribution in [0.4, 0.5) is 4.39 Å². The molecule has 0 radical (unpaired) electrons. The average Bonchev–Trinajstić information content (AvgIpc) is 2.52. The van der Waals surface area contributed by atoms with E-state index in [1.807, 2.05) is 20.8 Å². The zero-order valence-corrected chi connectivity index (χ0v) is 14.4. The number of nitrogens with zero attached hydrogens (tertiary/aromatic N) is 2. The third-order valence-corrected chi connectivity index (χ3v) is 2.17. The molecule has 0 fully saturated rings. The normalized spacial score (nSPS) is 10.0. The van der Waals surface area contributed by atoms with Crippen molar-refractivity contribution in [3.8, 4) is 0 Å². The Hall–Kier alpha value is -2.63. The minimum atomic E-state index is -0.293. The fourth-order valence-corrected chi connectivity index (χ4v) is 1.36. The van der Waals surface area contributed by atoms with Gasteiger partial charge in [-0.15, -0.1) is 6.58 Å². The number of hydrogen-bond acceptors (Lipinski definition) is 4. The summed E-state index contributed by atoms with van der Waals surface area (Å²) in [5.41, 5.74) is 11.3. The van der Waals surface area contributed by atoms with Gasteiger partial charge in [-0.05, 0) is 25.3 Å². The van der Waals surface area contributed by atoms with Gasteiger partial charge < -0.3 is 11.5 Å². The van der Waals surface area contributed by atoms with Crippen LogP contribution >= 0.6 is 0 Å². The first-order valence-electron chi connectivity index (χ1n) is 7.29. The van der Waals surface area contributed by atoms with Crippen molar-refractivity contribution in [2.45, 2.75) is 27.3 Å². The maximum absolute atomic E-state index is 13.4. The molecule has 0 amide bonds. The van der Waals surface area contributed by atoms with E-state index in [-0.39, 0.29) is 23.9 Å². The zero-order chi connectivity index (χ0) is 18.3. The van der Waals surface area contributed by atoms with Crippen LogP contribution in [0.5, 0.6) is 0 Å². The van der Waals surface area contributed by atoms with E-state index in [0.29, 0.717) is 5.56 Å². The summed E-state index contributed by atoms with van der Waals surface area (Å²) in [7, 11) is 1.67. The van der Waals surface area contributed by atoms with E-state index in [1.165, 1.54) is 23.4 Å². The molecule has 0 aromatic heterocycles. The summed E-state index contributed by atoms with van der Waals surface area (Å²) < 4.78 is 13.4. The highest BCUT2D eigenvalue weighted by Crippen LogP contribution is 2.09. The molecule has 0 heterocycles. The first kappa shape index (κ1) is 22.6. The predicted molar refractivity (Wildman–Crippen MR) is 97.8 cm³/mol. The van der Waals surface area contributed by atoms with Crippen LogP contribution in [0.1, 0.15) is 26.3 Å². The topological polar surface area (TPSA) is 91.5 Å². The summed E-state index contributed by atoms with van der Waals surface area (Å²) in [6, 6.07) is 6.44. The fraction of sp³-hybridized carbons (Fsp3) is 0.294. The Bertz CT molecular complexity index is 523. The number of nitrogens with two attached hydrogens (primary N) is 2. The molecule has 0 atom stereocenters. The molecule has 0 bridgehead atoms. The Kier molecular flexibility index (Phi) is 14.1. The van der Waals surface area contributed by atoms with Crippen molar-refractivity contribution in [2.24, 2.45) is 16.6 Å². The number of benzene rings is 1. The van der Waals surface area contributed by atoms with Gasteiger partial charge in [0, 0.05) is 12.6 Å². The molecule has 0 saturated carbocycles. The van der Waals surface area contributed by atoms with Crippen molar-refractivity contribution < 1.29 is 4.39 Å². The Balaban J connectivity index is 0. The number of amidine groups is 1. The molecule has 5 nitrogen and oxygen atoms in total. The first-order chi connectivity index (χ1) is 11.0. The molecule has 1 rings (SSSR count). The van der Waals surface area contributed by atoms with Crippen LogP contribution in [-0.4, -0.2) is 23.6 Å². The zero-order valence-electron chi connectivity index (χ0n) is 14.4. The van der Waals surface area contributed by atoms with Crippen molar-refractivity contribution in [3.63, 3.8) is 0 Å². The first-order valence-corrected chi connectivity index (χ1v) is 7.29. The molecule has 0 aliphatic carbocycles. The highest BCUT2D eigenvalue weighted by molar-refractivity contribution is 6.43. The molecule has 1 aromatic carbocycles. The van der Waals surface area contributed by atoms with E-state index in [1.54, 1.807) is 31.3 Å². The lowest BCUT2D eigenvalue weighted by atomic mass is 10.2. The smallest absolute Gasteiger partial charge is 0.143 e. The van der Waals surface area contributed by atoms with E-state index in [4.69, 9.17) is 16.9 Å². The van der Waals surface area contributed by atoms with Crippen LogP contribution in [0, 0.1) is 11.2 Å². The van der Waals surface area contributed by atoms with E-state index in [0.717, 1.165) is 0 Å².